The first-order valence-electron chi connectivity index (χ1n) is 8.26. The molecular weight excluding hydrogens is 348 g/mol. The van der Waals surface area contributed by atoms with Gasteiger partial charge in [0.1, 0.15) is 6.04 Å². The van der Waals surface area contributed by atoms with Crippen LogP contribution >= 0.6 is 11.6 Å². The van der Waals surface area contributed by atoms with Crippen LogP contribution in [0.15, 0.2) is 18.2 Å². The summed E-state index contributed by atoms with van der Waals surface area (Å²) in [5, 5.41) is 3.43. The van der Waals surface area contributed by atoms with E-state index in [1.807, 2.05) is 0 Å². The second-order valence-corrected chi connectivity index (χ2v) is 8.80. The van der Waals surface area contributed by atoms with E-state index in [1.165, 1.54) is 6.42 Å². The first-order valence-corrected chi connectivity index (χ1v) is 10.5. The summed E-state index contributed by atoms with van der Waals surface area (Å²) in [7, 11) is -3.63. The number of carbonyl (C=O) groups is 1. The third-order valence-corrected chi connectivity index (χ3v) is 5.91. The number of nitrogens with zero attached hydrogens (tertiary/aromatic N) is 1. The van der Waals surface area contributed by atoms with Gasteiger partial charge in [-0.15, -0.1) is 0 Å². The molecule has 1 N–H and O–H groups in total. The number of anilines is 1. The highest BCUT2D eigenvalue weighted by Crippen LogP contribution is 2.28. The van der Waals surface area contributed by atoms with Crippen LogP contribution in [0, 0.1) is 6.92 Å². The van der Waals surface area contributed by atoms with Gasteiger partial charge in [0.05, 0.1) is 11.9 Å². The van der Waals surface area contributed by atoms with E-state index < -0.39 is 16.1 Å². The highest BCUT2D eigenvalue weighted by molar-refractivity contribution is 7.92. The van der Waals surface area contributed by atoms with Gasteiger partial charge in [0.15, 0.2) is 0 Å². The zero-order valence-corrected chi connectivity index (χ0v) is 16.0. The van der Waals surface area contributed by atoms with Crippen molar-refractivity contribution < 1.29 is 13.2 Å². The first kappa shape index (κ1) is 19.1. The molecule has 0 aromatic heterocycles. The van der Waals surface area contributed by atoms with Crippen LogP contribution in [0.4, 0.5) is 5.69 Å². The first-order chi connectivity index (χ1) is 11.2. The molecule has 1 saturated carbocycles. The zero-order valence-electron chi connectivity index (χ0n) is 14.4. The number of amides is 1. The van der Waals surface area contributed by atoms with E-state index in [1.54, 1.807) is 32.0 Å². The molecule has 0 heterocycles. The minimum atomic E-state index is -3.63. The van der Waals surface area contributed by atoms with Crippen LogP contribution in [-0.2, 0) is 14.8 Å². The lowest BCUT2D eigenvalue weighted by molar-refractivity contribution is -0.122. The van der Waals surface area contributed by atoms with E-state index in [-0.39, 0.29) is 11.9 Å². The fourth-order valence-corrected chi connectivity index (χ4v) is 4.56. The predicted molar refractivity (Wildman–Crippen MR) is 98.0 cm³/mol. The fourth-order valence-electron chi connectivity index (χ4n) is 3.17. The van der Waals surface area contributed by atoms with Gasteiger partial charge in [-0.1, -0.05) is 36.9 Å². The summed E-state index contributed by atoms with van der Waals surface area (Å²) in [5.41, 5.74) is 1.19. The Kier molecular flexibility index (Phi) is 6.15. The molecule has 1 aromatic carbocycles. The van der Waals surface area contributed by atoms with E-state index in [4.69, 9.17) is 11.6 Å². The Balaban J connectivity index is 2.27. The van der Waals surface area contributed by atoms with Crippen molar-refractivity contribution in [3.8, 4) is 0 Å². The molecule has 1 amide bonds. The van der Waals surface area contributed by atoms with Gasteiger partial charge in [0.25, 0.3) is 0 Å². The molecule has 1 fully saturated rings. The van der Waals surface area contributed by atoms with Crippen molar-refractivity contribution in [3.63, 3.8) is 0 Å². The standard InChI is InChI=1S/C17H25ClN2O3S/c1-12-9-10-14(18)11-16(12)20(24(3,22)23)13(2)17(21)19-15-7-5-4-6-8-15/h9-11,13,15H,4-8H2,1-3H3,(H,19,21). The molecule has 1 atom stereocenters. The van der Waals surface area contributed by atoms with Gasteiger partial charge in [-0.05, 0) is 44.4 Å². The lowest BCUT2D eigenvalue weighted by Gasteiger charge is -2.31. The predicted octanol–water partition coefficient (Wildman–Crippen LogP) is 3.25. The van der Waals surface area contributed by atoms with Crippen LogP contribution in [0.2, 0.25) is 5.02 Å². The van der Waals surface area contributed by atoms with Crippen molar-refractivity contribution in [2.75, 3.05) is 10.6 Å². The average Bonchev–Trinajstić information content (AvgIpc) is 2.50. The minimum Gasteiger partial charge on any atom is -0.352 e. The second-order valence-electron chi connectivity index (χ2n) is 6.51. The van der Waals surface area contributed by atoms with E-state index in [2.05, 4.69) is 5.32 Å². The number of halogens is 1. The monoisotopic (exact) mass is 372 g/mol. The molecule has 1 aliphatic rings. The number of rotatable bonds is 5. The number of carbonyl (C=O) groups excluding carboxylic acids is 1. The lowest BCUT2D eigenvalue weighted by atomic mass is 9.95. The molecule has 1 aromatic rings. The van der Waals surface area contributed by atoms with Crippen molar-refractivity contribution in [1.82, 2.24) is 5.32 Å². The molecular formula is C17H25ClN2O3S. The maximum Gasteiger partial charge on any atom is 0.243 e. The summed E-state index contributed by atoms with van der Waals surface area (Å²) < 4.78 is 25.8. The topological polar surface area (TPSA) is 66.5 Å². The number of benzene rings is 1. The Labute approximate surface area is 149 Å². The summed E-state index contributed by atoms with van der Waals surface area (Å²) in [5.74, 6) is -0.272. The van der Waals surface area contributed by atoms with Gasteiger partial charge in [0.2, 0.25) is 15.9 Å². The lowest BCUT2D eigenvalue weighted by Crippen LogP contribution is -2.50. The van der Waals surface area contributed by atoms with Crippen LogP contribution in [0.25, 0.3) is 0 Å². The van der Waals surface area contributed by atoms with Crippen LogP contribution in [-0.4, -0.2) is 32.7 Å². The van der Waals surface area contributed by atoms with Crippen molar-refractivity contribution in [3.05, 3.63) is 28.8 Å². The smallest absolute Gasteiger partial charge is 0.243 e. The number of sulfonamides is 1. The molecule has 2 rings (SSSR count). The average molecular weight is 373 g/mol. The Morgan fingerprint density at radius 1 is 1.29 bits per heavy atom. The van der Waals surface area contributed by atoms with Crippen LogP contribution in [0.3, 0.4) is 0 Å². The van der Waals surface area contributed by atoms with Crippen molar-refractivity contribution >= 4 is 33.2 Å². The molecule has 5 nitrogen and oxygen atoms in total. The van der Waals surface area contributed by atoms with Crippen molar-refractivity contribution in [1.29, 1.82) is 0 Å². The minimum absolute atomic E-state index is 0.135. The number of hydrogen-bond acceptors (Lipinski definition) is 3. The maximum atomic E-state index is 12.6. The van der Waals surface area contributed by atoms with E-state index in [0.29, 0.717) is 10.7 Å². The molecule has 0 saturated heterocycles. The van der Waals surface area contributed by atoms with Gasteiger partial charge in [-0.2, -0.15) is 0 Å². The molecule has 1 aliphatic carbocycles. The largest absolute Gasteiger partial charge is 0.352 e. The van der Waals surface area contributed by atoms with Crippen molar-refractivity contribution in [2.45, 2.75) is 58.0 Å². The molecule has 0 spiro atoms. The van der Waals surface area contributed by atoms with Crippen LogP contribution in [0.5, 0.6) is 0 Å². The van der Waals surface area contributed by atoms with Gasteiger partial charge in [-0.25, -0.2) is 8.42 Å². The SMILES string of the molecule is Cc1ccc(Cl)cc1N(C(C)C(=O)NC1CCCCC1)S(C)(=O)=O. The molecule has 7 heteroatoms. The highest BCUT2D eigenvalue weighted by Gasteiger charge is 2.31. The number of aryl methyl sites for hydroxylation is 1. The summed E-state index contributed by atoms with van der Waals surface area (Å²) in [4.78, 5) is 12.6. The number of nitrogens with one attached hydrogen (secondary N) is 1. The molecule has 1 unspecified atom stereocenters. The van der Waals surface area contributed by atoms with E-state index in [0.717, 1.165) is 41.8 Å². The highest BCUT2D eigenvalue weighted by atomic mass is 35.5. The fraction of sp³-hybridized carbons (Fsp3) is 0.588. The summed E-state index contributed by atoms with van der Waals surface area (Å²) in [6.45, 7) is 3.41. The normalized spacial score (nSPS) is 17.3. The Hall–Kier alpha value is -1.27. The second kappa shape index (κ2) is 7.74. The Morgan fingerprint density at radius 3 is 2.50 bits per heavy atom. The Morgan fingerprint density at radius 2 is 1.92 bits per heavy atom. The summed E-state index contributed by atoms with van der Waals surface area (Å²) >= 11 is 6.03. The third kappa shape index (κ3) is 4.63. The summed E-state index contributed by atoms with van der Waals surface area (Å²) in [6.07, 6.45) is 6.41. The molecule has 0 bridgehead atoms. The van der Waals surface area contributed by atoms with Gasteiger partial charge < -0.3 is 5.32 Å². The third-order valence-electron chi connectivity index (χ3n) is 4.45. The van der Waals surface area contributed by atoms with E-state index >= 15 is 0 Å². The molecule has 134 valence electrons. The molecule has 0 aliphatic heterocycles. The zero-order chi connectivity index (χ0) is 17.9. The quantitative estimate of drug-likeness (QED) is 0.862. The van der Waals surface area contributed by atoms with Crippen LogP contribution in [0.1, 0.15) is 44.6 Å². The van der Waals surface area contributed by atoms with Gasteiger partial charge in [-0.3, -0.25) is 9.10 Å². The molecule has 24 heavy (non-hydrogen) atoms. The van der Waals surface area contributed by atoms with E-state index in [9.17, 15) is 13.2 Å². The summed E-state index contributed by atoms with van der Waals surface area (Å²) in [6, 6.07) is 4.34. The van der Waals surface area contributed by atoms with Crippen molar-refractivity contribution in [2.24, 2.45) is 0 Å². The molecule has 0 radical (unpaired) electrons. The maximum absolute atomic E-state index is 12.6. The van der Waals surface area contributed by atoms with Gasteiger partial charge >= 0.3 is 0 Å². The van der Waals surface area contributed by atoms with Gasteiger partial charge in [0, 0.05) is 11.1 Å². The number of hydrogen-bond donors (Lipinski definition) is 1. The Bertz CT molecular complexity index is 700. The van der Waals surface area contributed by atoms with Crippen LogP contribution < -0.4 is 9.62 Å².